The first-order chi connectivity index (χ1) is 22.4. The number of hydrogen-bond donors (Lipinski definition) is 2. The van der Waals surface area contributed by atoms with Gasteiger partial charge in [-0.25, -0.2) is 13.8 Å². The summed E-state index contributed by atoms with van der Waals surface area (Å²) in [6, 6.07) is 1.23. The molecule has 14 heteroatoms. The fraction of sp³-hybridized carbons (Fsp3) is 0.545. The fourth-order valence-corrected chi connectivity index (χ4v) is 9.30. The summed E-state index contributed by atoms with van der Waals surface area (Å²) >= 11 is 7.05. The molecule has 3 aromatic rings. The van der Waals surface area contributed by atoms with Crippen molar-refractivity contribution < 1.29 is 26.7 Å². The highest BCUT2D eigenvalue weighted by Gasteiger charge is 2.50. The van der Waals surface area contributed by atoms with Crippen LogP contribution in [0.5, 0.6) is 6.01 Å². The van der Waals surface area contributed by atoms with Crippen molar-refractivity contribution in [3.05, 3.63) is 39.7 Å². The standard InChI is InChI=1S/C33H35ClF5N7O/c1-3-16-10-20-19-6-5-18(41-19)13-46(20)30-23-22(16)26(34)24(28-25(33(37,38)39)15(2)9-21(40)42-28)27(36)29(23)43-31(44-30)47-14-32-7-4-8-45(32)12-17(35)11-32/h3,9,17-20,41H,4-8,10-14H2,1-2H3,(H2,40,42)/b16-3+/t17-,18-,19+,20-,32?/m1/s1. The number of pyridine rings is 1. The van der Waals surface area contributed by atoms with Gasteiger partial charge in [-0.05, 0) is 69.7 Å². The van der Waals surface area contributed by atoms with Crippen molar-refractivity contribution in [3.63, 3.8) is 0 Å². The predicted octanol–water partition coefficient (Wildman–Crippen LogP) is 6.47. The second-order valence-corrected chi connectivity index (χ2v) is 14.0. The molecular formula is C33H35ClF5N7O. The molecule has 5 aliphatic rings. The number of aromatic nitrogens is 3. The smallest absolute Gasteiger partial charge is 0.418 e. The summed E-state index contributed by atoms with van der Waals surface area (Å²) in [5.41, 5.74) is 3.79. The molecule has 2 aromatic heterocycles. The maximum atomic E-state index is 17.1. The van der Waals surface area contributed by atoms with E-state index in [2.05, 4.69) is 25.1 Å². The minimum atomic E-state index is -4.87. The molecule has 0 amide bonds. The van der Waals surface area contributed by atoms with Gasteiger partial charge in [0.05, 0.1) is 32.8 Å². The Balaban J connectivity index is 1.38. The number of ether oxygens (including phenoxy) is 1. The summed E-state index contributed by atoms with van der Waals surface area (Å²) < 4.78 is 81.6. The van der Waals surface area contributed by atoms with Crippen molar-refractivity contribution in [1.29, 1.82) is 0 Å². The number of halogens is 6. The molecular weight excluding hydrogens is 641 g/mol. The zero-order chi connectivity index (χ0) is 33.0. The van der Waals surface area contributed by atoms with Gasteiger partial charge in [-0.1, -0.05) is 17.7 Å². The number of anilines is 2. The van der Waals surface area contributed by atoms with Crippen LogP contribution in [0.1, 0.15) is 62.1 Å². The molecule has 7 heterocycles. The number of nitrogens with zero attached hydrogens (tertiary/aromatic N) is 5. The number of nitrogens with two attached hydrogens (primary N) is 1. The van der Waals surface area contributed by atoms with Gasteiger partial charge in [-0.15, -0.1) is 0 Å². The summed E-state index contributed by atoms with van der Waals surface area (Å²) in [4.78, 5) is 17.7. The van der Waals surface area contributed by atoms with E-state index < -0.39 is 40.5 Å². The molecule has 1 aromatic carbocycles. The Kier molecular flexibility index (Phi) is 7.17. The van der Waals surface area contributed by atoms with Gasteiger partial charge in [-0.3, -0.25) is 4.90 Å². The second-order valence-electron chi connectivity index (χ2n) is 13.7. The number of piperazine rings is 1. The molecule has 5 aliphatic heterocycles. The van der Waals surface area contributed by atoms with Crippen LogP contribution in [0.4, 0.5) is 33.6 Å². The van der Waals surface area contributed by atoms with E-state index in [1.54, 1.807) is 0 Å². The highest BCUT2D eigenvalue weighted by Crippen LogP contribution is 2.51. The Labute approximate surface area is 273 Å². The fourth-order valence-electron chi connectivity index (χ4n) is 8.91. The Morgan fingerprint density at radius 2 is 2.00 bits per heavy atom. The lowest BCUT2D eigenvalue weighted by molar-refractivity contribution is -0.137. The molecule has 3 N–H and O–H groups in total. The van der Waals surface area contributed by atoms with Gasteiger partial charge >= 0.3 is 12.2 Å². The summed E-state index contributed by atoms with van der Waals surface area (Å²) in [7, 11) is 0. The van der Waals surface area contributed by atoms with Gasteiger partial charge < -0.3 is 20.7 Å². The summed E-state index contributed by atoms with van der Waals surface area (Å²) in [5.74, 6) is -0.841. The van der Waals surface area contributed by atoms with Crippen LogP contribution in [0.2, 0.25) is 5.02 Å². The third-order valence-corrected chi connectivity index (χ3v) is 11.3. The van der Waals surface area contributed by atoms with Gasteiger partial charge in [-0.2, -0.15) is 23.1 Å². The lowest BCUT2D eigenvalue weighted by Crippen LogP contribution is -2.58. The van der Waals surface area contributed by atoms with E-state index in [9.17, 15) is 17.6 Å². The molecule has 47 heavy (non-hydrogen) atoms. The molecule has 1 unspecified atom stereocenters. The summed E-state index contributed by atoms with van der Waals surface area (Å²) in [6.45, 7) is 4.89. The SMILES string of the molecule is C/C=C1\C[C@@H]2[C@@H]3CC[C@H](CN2c2nc(OCC45CCCN4C[C@H](F)C5)nc4c(F)c(-c5nc(N)cc(C)c5C(F)(F)F)c(Cl)c1c24)N3. The molecule has 8 nitrogen and oxygen atoms in total. The molecule has 4 fully saturated rings. The van der Waals surface area contributed by atoms with Crippen LogP contribution >= 0.6 is 11.6 Å². The predicted molar refractivity (Wildman–Crippen MR) is 170 cm³/mol. The van der Waals surface area contributed by atoms with Gasteiger partial charge in [0.15, 0.2) is 5.82 Å². The number of nitrogens with one attached hydrogen (secondary N) is 1. The van der Waals surface area contributed by atoms with Crippen molar-refractivity contribution >= 4 is 39.7 Å². The molecule has 2 bridgehead atoms. The number of alkyl halides is 4. The van der Waals surface area contributed by atoms with Crippen LogP contribution in [0.15, 0.2) is 12.1 Å². The number of fused-ring (bicyclic) bond motifs is 6. The summed E-state index contributed by atoms with van der Waals surface area (Å²) in [6.07, 6.45) is 0.412. The van der Waals surface area contributed by atoms with E-state index >= 15 is 4.39 Å². The van der Waals surface area contributed by atoms with E-state index in [1.807, 2.05) is 13.0 Å². The lowest BCUT2D eigenvalue weighted by atomic mass is 9.90. The number of benzene rings is 1. The molecule has 5 atom stereocenters. The van der Waals surface area contributed by atoms with Crippen LogP contribution in [-0.4, -0.2) is 75.9 Å². The maximum Gasteiger partial charge on any atom is 0.418 e. The van der Waals surface area contributed by atoms with Crippen LogP contribution < -0.4 is 20.7 Å². The highest BCUT2D eigenvalue weighted by atomic mass is 35.5. The largest absolute Gasteiger partial charge is 0.461 e. The average molecular weight is 676 g/mol. The van der Waals surface area contributed by atoms with Crippen molar-refractivity contribution in [2.24, 2.45) is 0 Å². The van der Waals surface area contributed by atoms with Gasteiger partial charge in [0.25, 0.3) is 0 Å². The van der Waals surface area contributed by atoms with E-state index in [1.165, 1.54) is 6.92 Å². The van der Waals surface area contributed by atoms with E-state index in [0.717, 1.165) is 43.9 Å². The van der Waals surface area contributed by atoms with Crippen molar-refractivity contribution in [3.8, 4) is 17.3 Å². The topological polar surface area (TPSA) is 92.4 Å². The van der Waals surface area contributed by atoms with E-state index in [0.29, 0.717) is 42.7 Å². The van der Waals surface area contributed by atoms with E-state index in [4.69, 9.17) is 27.1 Å². The lowest BCUT2D eigenvalue weighted by Gasteiger charge is -2.41. The third kappa shape index (κ3) is 4.78. The van der Waals surface area contributed by atoms with Crippen molar-refractivity contribution in [2.75, 3.05) is 36.9 Å². The molecule has 0 aliphatic carbocycles. The maximum absolute atomic E-state index is 17.1. The van der Waals surface area contributed by atoms with Crippen LogP contribution in [0, 0.1) is 12.7 Å². The van der Waals surface area contributed by atoms with Gasteiger partial charge in [0, 0.05) is 43.2 Å². The number of hydrogen-bond acceptors (Lipinski definition) is 8. The minimum Gasteiger partial charge on any atom is -0.461 e. The first-order valence-electron chi connectivity index (χ1n) is 16.2. The van der Waals surface area contributed by atoms with Gasteiger partial charge in [0.2, 0.25) is 0 Å². The number of allylic oxidation sites excluding steroid dienone is 1. The Hall–Kier alpha value is -3.29. The van der Waals surface area contributed by atoms with Crippen molar-refractivity contribution in [1.82, 2.24) is 25.2 Å². The molecule has 0 spiro atoms. The highest BCUT2D eigenvalue weighted by molar-refractivity contribution is 6.37. The number of rotatable bonds is 4. The third-order valence-electron chi connectivity index (χ3n) is 10.9. The Bertz CT molecular complexity index is 1840. The quantitative estimate of drug-likeness (QED) is 0.305. The zero-order valence-electron chi connectivity index (χ0n) is 26.0. The Morgan fingerprint density at radius 1 is 1.19 bits per heavy atom. The first kappa shape index (κ1) is 31.0. The first-order valence-corrected chi connectivity index (χ1v) is 16.5. The minimum absolute atomic E-state index is 0.0783. The molecule has 4 saturated heterocycles. The van der Waals surface area contributed by atoms with Crippen LogP contribution in [-0.2, 0) is 6.18 Å². The molecule has 250 valence electrons. The number of nitrogen functional groups attached to an aromatic ring is 1. The zero-order valence-corrected chi connectivity index (χ0v) is 26.8. The van der Waals surface area contributed by atoms with Crippen molar-refractivity contribution in [2.45, 2.75) is 88.4 Å². The molecule has 8 rings (SSSR count). The van der Waals surface area contributed by atoms with Gasteiger partial charge in [0.1, 0.15) is 29.9 Å². The monoisotopic (exact) mass is 675 g/mol. The normalized spacial score (nSPS) is 29.4. The molecule has 0 radical (unpaired) electrons. The van der Waals surface area contributed by atoms with E-state index in [-0.39, 0.29) is 52.7 Å². The Morgan fingerprint density at radius 3 is 2.77 bits per heavy atom. The van der Waals surface area contributed by atoms with Crippen LogP contribution in [0.25, 0.3) is 27.7 Å². The number of aryl methyl sites for hydroxylation is 1. The molecule has 0 saturated carbocycles. The average Bonchev–Trinajstić information content (AvgIpc) is 3.64. The van der Waals surface area contributed by atoms with Crippen LogP contribution in [0.3, 0.4) is 0 Å². The summed E-state index contributed by atoms with van der Waals surface area (Å²) in [5, 5.41) is 3.80. The second kappa shape index (κ2) is 10.9.